The lowest BCUT2D eigenvalue weighted by atomic mass is 9.98. The Hall–Kier alpha value is -1.30. The number of ether oxygens (including phenoxy) is 2. The first-order chi connectivity index (χ1) is 9.64. The summed E-state index contributed by atoms with van der Waals surface area (Å²) in [6.07, 6.45) is 1.32. The second-order valence-corrected chi connectivity index (χ2v) is 6.66. The zero-order valence-corrected chi connectivity index (χ0v) is 13.9. The summed E-state index contributed by atoms with van der Waals surface area (Å²) in [5.74, 6) is -0.266. The van der Waals surface area contributed by atoms with Crippen LogP contribution in [-0.4, -0.2) is 54.3 Å². The average molecular weight is 300 g/mol. The molecule has 3 atom stereocenters. The van der Waals surface area contributed by atoms with E-state index in [1.165, 1.54) is 7.11 Å². The van der Waals surface area contributed by atoms with E-state index in [1.54, 1.807) is 11.8 Å². The standard InChI is InChI=1S/C15H28N2O4/c1-10-9-12(16-11(2)13(18)20-6)7-8-17(10)14(19)21-15(3,4)5/h10-12,16H,7-9H2,1-6H3. The van der Waals surface area contributed by atoms with E-state index in [2.05, 4.69) is 5.32 Å². The van der Waals surface area contributed by atoms with E-state index in [1.807, 2.05) is 27.7 Å². The minimum Gasteiger partial charge on any atom is -0.468 e. The van der Waals surface area contributed by atoms with Crippen molar-refractivity contribution in [1.29, 1.82) is 0 Å². The SMILES string of the molecule is COC(=O)C(C)NC1CCN(C(=O)OC(C)(C)C)C(C)C1. The number of nitrogens with one attached hydrogen (secondary N) is 1. The van der Waals surface area contributed by atoms with E-state index in [4.69, 9.17) is 9.47 Å². The third-order valence-corrected chi connectivity index (χ3v) is 3.54. The number of amides is 1. The Labute approximate surface area is 127 Å². The summed E-state index contributed by atoms with van der Waals surface area (Å²) >= 11 is 0. The number of piperidine rings is 1. The molecule has 1 aliphatic heterocycles. The first-order valence-electron chi connectivity index (χ1n) is 7.47. The lowest BCUT2D eigenvalue weighted by Crippen LogP contribution is -2.53. The van der Waals surface area contributed by atoms with Gasteiger partial charge < -0.3 is 19.7 Å². The van der Waals surface area contributed by atoms with E-state index in [0.29, 0.717) is 6.54 Å². The van der Waals surface area contributed by atoms with Crippen molar-refractivity contribution < 1.29 is 19.1 Å². The van der Waals surface area contributed by atoms with Gasteiger partial charge in [-0.05, 0) is 47.5 Å². The zero-order chi connectivity index (χ0) is 16.2. The second kappa shape index (κ2) is 7.11. The van der Waals surface area contributed by atoms with Crippen molar-refractivity contribution in [3.05, 3.63) is 0 Å². The van der Waals surface area contributed by atoms with E-state index < -0.39 is 5.60 Å². The van der Waals surface area contributed by atoms with Gasteiger partial charge in [-0.25, -0.2) is 4.79 Å². The van der Waals surface area contributed by atoms with Crippen LogP contribution in [0.3, 0.4) is 0 Å². The fraction of sp³-hybridized carbons (Fsp3) is 0.867. The summed E-state index contributed by atoms with van der Waals surface area (Å²) in [5, 5.41) is 3.25. The Kier molecular flexibility index (Phi) is 6.01. The van der Waals surface area contributed by atoms with Gasteiger partial charge in [-0.2, -0.15) is 0 Å². The normalized spacial score (nSPS) is 24.4. The van der Waals surface area contributed by atoms with Crippen molar-refractivity contribution in [2.45, 2.75) is 71.2 Å². The van der Waals surface area contributed by atoms with Crippen LogP contribution >= 0.6 is 0 Å². The number of carbonyl (C=O) groups is 2. The number of carbonyl (C=O) groups excluding carboxylic acids is 2. The van der Waals surface area contributed by atoms with Gasteiger partial charge in [0.2, 0.25) is 0 Å². The molecular formula is C15H28N2O4. The third-order valence-electron chi connectivity index (χ3n) is 3.54. The third kappa shape index (κ3) is 5.53. The second-order valence-electron chi connectivity index (χ2n) is 6.66. The molecule has 1 aliphatic rings. The molecule has 0 saturated carbocycles. The maximum absolute atomic E-state index is 12.1. The van der Waals surface area contributed by atoms with Crippen LogP contribution in [0, 0.1) is 0 Å². The van der Waals surface area contributed by atoms with Crippen molar-refractivity contribution >= 4 is 12.1 Å². The van der Waals surface area contributed by atoms with E-state index in [9.17, 15) is 9.59 Å². The average Bonchev–Trinajstić information content (AvgIpc) is 2.35. The predicted molar refractivity (Wildman–Crippen MR) is 80.0 cm³/mol. The Morgan fingerprint density at radius 3 is 2.43 bits per heavy atom. The molecule has 0 aromatic rings. The Balaban J connectivity index is 2.50. The topological polar surface area (TPSA) is 67.9 Å². The van der Waals surface area contributed by atoms with Crippen LogP contribution in [0.4, 0.5) is 4.79 Å². The van der Waals surface area contributed by atoms with Gasteiger partial charge in [0.1, 0.15) is 11.6 Å². The quantitative estimate of drug-likeness (QED) is 0.807. The molecule has 0 aliphatic carbocycles. The number of nitrogens with zero attached hydrogens (tertiary/aromatic N) is 1. The summed E-state index contributed by atoms with van der Waals surface area (Å²) < 4.78 is 10.1. The molecule has 1 rings (SSSR count). The molecule has 1 heterocycles. The minimum atomic E-state index is -0.481. The highest BCUT2D eigenvalue weighted by atomic mass is 16.6. The molecule has 1 N–H and O–H groups in total. The van der Waals surface area contributed by atoms with E-state index in [0.717, 1.165) is 12.8 Å². The van der Waals surface area contributed by atoms with E-state index >= 15 is 0 Å². The van der Waals surface area contributed by atoms with Crippen LogP contribution in [0.15, 0.2) is 0 Å². The highest BCUT2D eigenvalue weighted by Gasteiger charge is 2.32. The lowest BCUT2D eigenvalue weighted by Gasteiger charge is -2.39. The van der Waals surface area contributed by atoms with Gasteiger partial charge in [0.05, 0.1) is 7.11 Å². The summed E-state index contributed by atoms with van der Waals surface area (Å²) in [6, 6.07) is -0.0518. The van der Waals surface area contributed by atoms with Gasteiger partial charge in [-0.1, -0.05) is 0 Å². The zero-order valence-electron chi connectivity index (χ0n) is 13.9. The highest BCUT2D eigenvalue weighted by molar-refractivity contribution is 5.75. The van der Waals surface area contributed by atoms with Crippen LogP contribution in [0.5, 0.6) is 0 Å². The molecule has 6 heteroatoms. The molecule has 0 spiro atoms. The molecule has 3 unspecified atom stereocenters. The number of methoxy groups -OCH3 is 1. The molecule has 6 nitrogen and oxygen atoms in total. The number of hydrogen-bond donors (Lipinski definition) is 1. The van der Waals surface area contributed by atoms with Crippen LogP contribution in [0.1, 0.15) is 47.5 Å². The lowest BCUT2D eigenvalue weighted by molar-refractivity contribution is -0.143. The van der Waals surface area contributed by atoms with Crippen LogP contribution in [0.25, 0.3) is 0 Å². The molecule has 0 radical (unpaired) electrons. The number of hydrogen-bond acceptors (Lipinski definition) is 5. The summed E-state index contributed by atoms with van der Waals surface area (Å²) in [6.45, 7) is 10.0. The Morgan fingerprint density at radius 2 is 1.95 bits per heavy atom. The fourth-order valence-corrected chi connectivity index (χ4v) is 2.51. The molecule has 1 amide bonds. The number of rotatable bonds is 3. The monoisotopic (exact) mass is 300 g/mol. The molecule has 1 saturated heterocycles. The van der Waals surface area contributed by atoms with Crippen molar-refractivity contribution in [2.24, 2.45) is 0 Å². The first-order valence-corrected chi connectivity index (χ1v) is 7.47. The maximum atomic E-state index is 12.1. The largest absolute Gasteiger partial charge is 0.468 e. The fourth-order valence-electron chi connectivity index (χ4n) is 2.51. The molecular weight excluding hydrogens is 272 g/mol. The first kappa shape index (κ1) is 17.8. The maximum Gasteiger partial charge on any atom is 0.410 e. The van der Waals surface area contributed by atoms with Crippen LogP contribution < -0.4 is 5.32 Å². The minimum absolute atomic E-state index is 0.0796. The molecule has 1 fully saturated rings. The molecule has 0 aromatic heterocycles. The summed E-state index contributed by atoms with van der Waals surface area (Å²) in [5.41, 5.74) is -0.481. The Morgan fingerprint density at radius 1 is 1.33 bits per heavy atom. The number of likely N-dealkylation sites (tertiary alicyclic amines) is 1. The van der Waals surface area contributed by atoms with E-state index in [-0.39, 0.29) is 30.2 Å². The predicted octanol–water partition coefficient (Wildman–Crippen LogP) is 1.93. The van der Waals surface area contributed by atoms with Crippen molar-refractivity contribution in [1.82, 2.24) is 10.2 Å². The molecule has 0 bridgehead atoms. The van der Waals surface area contributed by atoms with Gasteiger partial charge in [0.15, 0.2) is 0 Å². The smallest absolute Gasteiger partial charge is 0.410 e. The van der Waals surface area contributed by atoms with Crippen molar-refractivity contribution in [3.63, 3.8) is 0 Å². The summed E-state index contributed by atoms with van der Waals surface area (Å²) in [7, 11) is 1.38. The van der Waals surface area contributed by atoms with Gasteiger partial charge in [-0.3, -0.25) is 4.79 Å². The van der Waals surface area contributed by atoms with Crippen LogP contribution in [-0.2, 0) is 14.3 Å². The molecule has 122 valence electrons. The number of esters is 1. The Bertz CT molecular complexity index is 378. The van der Waals surface area contributed by atoms with Crippen molar-refractivity contribution in [3.8, 4) is 0 Å². The van der Waals surface area contributed by atoms with Crippen LogP contribution in [0.2, 0.25) is 0 Å². The molecule has 0 aromatic carbocycles. The highest BCUT2D eigenvalue weighted by Crippen LogP contribution is 2.21. The van der Waals surface area contributed by atoms with Gasteiger partial charge in [0, 0.05) is 18.6 Å². The molecule has 21 heavy (non-hydrogen) atoms. The van der Waals surface area contributed by atoms with Gasteiger partial charge in [0.25, 0.3) is 0 Å². The van der Waals surface area contributed by atoms with Gasteiger partial charge in [-0.15, -0.1) is 0 Å². The summed E-state index contributed by atoms with van der Waals surface area (Å²) in [4.78, 5) is 25.3. The van der Waals surface area contributed by atoms with Gasteiger partial charge >= 0.3 is 12.1 Å². The van der Waals surface area contributed by atoms with Crippen molar-refractivity contribution in [2.75, 3.05) is 13.7 Å².